The van der Waals surface area contributed by atoms with E-state index in [4.69, 9.17) is 9.26 Å². The van der Waals surface area contributed by atoms with Crippen molar-refractivity contribution in [1.82, 2.24) is 30.6 Å². The van der Waals surface area contributed by atoms with Crippen molar-refractivity contribution in [3.05, 3.63) is 57.9 Å². The van der Waals surface area contributed by atoms with Crippen molar-refractivity contribution in [2.75, 3.05) is 19.7 Å². The first kappa shape index (κ1) is 21.5. The third-order valence-electron chi connectivity index (χ3n) is 4.21. The number of carbonyl (C=O) groups is 2. The van der Waals surface area contributed by atoms with Crippen molar-refractivity contribution in [3.8, 4) is 5.75 Å². The van der Waals surface area contributed by atoms with E-state index < -0.39 is 5.91 Å². The molecule has 3 rings (SSSR count). The van der Waals surface area contributed by atoms with Gasteiger partial charge >= 0.3 is 11.8 Å². The molecular weight excluding hydrogens is 456 g/mol. The van der Waals surface area contributed by atoms with Gasteiger partial charge in [0.1, 0.15) is 12.3 Å². The van der Waals surface area contributed by atoms with Gasteiger partial charge in [0.25, 0.3) is 5.91 Å². The van der Waals surface area contributed by atoms with E-state index in [1.165, 1.54) is 0 Å². The molecule has 0 saturated heterocycles. The van der Waals surface area contributed by atoms with E-state index in [2.05, 4.69) is 41.8 Å². The lowest BCUT2D eigenvalue weighted by Gasteiger charge is -2.11. The van der Waals surface area contributed by atoms with Crippen LogP contribution in [0.5, 0.6) is 5.75 Å². The molecule has 0 radical (unpaired) electrons. The highest BCUT2D eigenvalue weighted by Crippen LogP contribution is 2.20. The monoisotopic (exact) mass is 476 g/mol. The van der Waals surface area contributed by atoms with Crippen molar-refractivity contribution >= 4 is 27.7 Å². The van der Waals surface area contributed by atoms with Gasteiger partial charge in [-0.2, -0.15) is 10.1 Å². The van der Waals surface area contributed by atoms with Crippen molar-refractivity contribution in [2.24, 2.45) is 0 Å². The Balaban J connectivity index is 1.36. The number of hydrogen-bond donors (Lipinski definition) is 2. The number of carbonyl (C=O) groups excluding carboxylic acids is 2. The molecule has 0 fully saturated rings. The number of ether oxygens (including phenoxy) is 1. The molecule has 0 saturated carbocycles. The Morgan fingerprint density at radius 2 is 2.03 bits per heavy atom. The highest BCUT2D eigenvalue weighted by Gasteiger charge is 2.15. The average molecular weight is 477 g/mol. The number of aryl methyl sites for hydroxylation is 1. The maximum atomic E-state index is 12.1. The van der Waals surface area contributed by atoms with Crippen LogP contribution in [-0.4, -0.2) is 51.4 Å². The van der Waals surface area contributed by atoms with Crippen LogP contribution in [0.2, 0.25) is 0 Å². The van der Waals surface area contributed by atoms with Gasteiger partial charge in [-0.3, -0.25) is 14.3 Å². The van der Waals surface area contributed by atoms with Crippen LogP contribution < -0.4 is 15.4 Å². The summed E-state index contributed by atoms with van der Waals surface area (Å²) in [5.74, 6) is 0.0495. The van der Waals surface area contributed by atoms with Gasteiger partial charge in [0.15, 0.2) is 12.4 Å². The Bertz CT molecular complexity index is 1030. The average Bonchev–Trinajstić information content (AvgIpc) is 3.35. The first-order chi connectivity index (χ1) is 14.4. The Labute approximate surface area is 181 Å². The van der Waals surface area contributed by atoms with Gasteiger partial charge in [0.2, 0.25) is 0 Å². The Kier molecular flexibility index (Phi) is 7.17. The summed E-state index contributed by atoms with van der Waals surface area (Å²) in [6.07, 6.45) is 3.39. The van der Waals surface area contributed by atoms with Crippen molar-refractivity contribution in [1.29, 1.82) is 0 Å². The van der Waals surface area contributed by atoms with Crippen LogP contribution in [0.4, 0.5) is 0 Å². The number of benzene rings is 1. The maximum absolute atomic E-state index is 12.1. The second-order valence-electron chi connectivity index (χ2n) is 6.46. The molecule has 0 bridgehead atoms. The summed E-state index contributed by atoms with van der Waals surface area (Å²) in [6, 6.07) is 5.68. The van der Waals surface area contributed by atoms with Gasteiger partial charge in [-0.05, 0) is 47.0 Å². The zero-order valence-corrected chi connectivity index (χ0v) is 18.1. The van der Waals surface area contributed by atoms with Crippen LogP contribution in [-0.2, 0) is 11.3 Å². The van der Waals surface area contributed by atoms with Gasteiger partial charge in [-0.1, -0.05) is 17.3 Å². The predicted octanol–water partition coefficient (Wildman–Crippen LogP) is 1.62. The molecule has 2 amide bonds. The normalized spacial score (nSPS) is 10.6. The summed E-state index contributed by atoms with van der Waals surface area (Å²) >= 11 is 3.30. The first-order valence-electron chi connectivity index (χ1n) is 9.17. The highest BCUT2D eigenvalue weighted by atomic mass is 79.9. The number of amides is 2. The number of hydrogen-bond acceptors (Lipinski definition) is 7. The summed E-state index contributed by atoms with van der Waals surface area (Å²) in [6.45, 7) is 4.54. The molecule has 30 heavy (non-hydrogen) atoms. The van der Waals surface area contributed by atoms with E-state index >= 15 is 0 Å². The minimum Gasteiger partial charge on any atom is -0.483 e. The topological polar surface area (TPSA) is 124 Å². The standard InChI is InChI=1S/C19H21BrN6O4/c1-12-4-3-5-15(13(12)2)29-11-17(27)21-6-7-22-18(28)19-24-16(25-30-19)10-26-9-14(20)8-23-26/h3-5,8-9H,6-7,10-11H2,1-2H3,(H,21,27)(H,22,28). The van der Waals surface area contributed by atoms with Gasteiger partial charge < -0.3 is 19.9 Å². The quantitative estimate of drug-likeness (QED) is 0.449. The number of halogens is 1. The summed E-state index contributed by atoms with van der Waals surface area (Å²) in [4.78, 5) is 28.0. The van der Waals surface area contributed by atoms with Crippen LogP contribution >= 0.6 is 15.9 Å². The van der Waals surface area contributed by atoms with Gasteiger partial charge in [-0.25, -0.2) is 0 Å². The number of nitrogens with one attached hydrogen (secondary N) is 2. The van der Waals surface area contributed by atoms with Crippen LogP contribution in [0, 0.1) is 13.8 Å². The van der Waals surface area contributed by atoms with E-state index in [1.54, 1.807) is 17.1 Å². The minimum atomic E-state index is -0.517. The van der Waals surface area contributed by atoms with Gasteiger partial charge in [0, 0.05) is 19.3 Å². The first-order valence-corrected chi connectivity index (χ1v) is 9.96. The zero-order chi connectivity index (χ0) is 21.5. The van der Waals surface area contributed by atoms with Crippen molar-refractivity contribution in [2.45, 2.75) is 20.4 Å². The number of rotatable bonds is 9. The molecule has 0 atom stereocenters. The van der Waals surface area contributed by atoms with Crippen LogP contribution in [0.3, 0.4) is 0 Å². The van der Waals surface area contributed by atoms with E-state index in [0.29, 0.717) is 11.6 Å². The smallest absolute Gasteiger partial charge is 0.316 e. The van der Waals surface area contributed by atoms with Crippen LogP contribution in [0.1, 0.15) is 27.6 Å². The van der Waals surface area contributed by atoms with Crippen molar-refractivity contribution in [3.63, 3.8) is 0 Å². The molecule has 0 aliphatic rings. The maximum Gasteiger partial charge on any atom is 0.316 e. The Morgan fingerprint density at radius 1 is 1.23 bits per heavy atom. The molecule has 2 N–H and O–H groups in total. The molecule has 0 unspecified atom stereocenters. The van der Waals surface area contributed by atoms with Gasteiger partial charge in [-0.15, -0.1) is 0 Å². The zero-order valence-electron chi connectivity index (χ0n) is 16.5. The predicted molar refractivity (Wildman–Crippen MR) is 110 cm³/mol. The lowest BCUT2D eigenvalue weighted by Crippen LogP contribution is -2.36. The fourth-order valence-electron chi connectivity index (χ4n) is 2.51. The molecule has 1 aromatic carbocycles. The van der Waals surface area contributed by atoms with Crippen LogP contribution in [0.15, 0.2) is 39.6 Å². The highest BCUT2D eigenvalue weighted by molar-refractivity contribution is 9.10. The Morgan fingerprint density at radius 3 is 2.80 bits per heavy atom. The fraction of sp³-hybridized carbons (Fsp3) is 0.316. The van der Waals surface area contributed by atoms with Crippen LogP contribution in [0.25, 0.3) is 0 Å². The molecule has 11 heteroatoms. The molecule has 0 spiro atoms. The summed E-state index contributed by atoms with van der Waals surface area (Å²) in [7, 11) is 0. The fourth-order valence-corrected chi connectivity index (χ4v) is 2.84. The molecule has 10 nitrogen and oxygen atoms in total. The largest absolute Gasteiger partial charge is 0.483 e. The summed E-state index contributed by atoms with van der Waals surface area (Å²) < 4.78 is 12.9. The summed E-state index contributed by atoms with van der Waals surface area (Å²) in [5.41, 5.74) is 2.09. The van der Waals surface area contributed by atoms with E-state index in [9.17, 15) is 9.59 Å². The van der Waals surface area contributed by atoms with Crippen molar-refractivity contribution < 1.29 is 18.8 Å². The second-order valence-corrected chi connectivity index (χ2v) is 7.38. The molecular formula is C19H21BrN6O4. The number of nitrogens with zero attached hydrogens (tertiary/aromatic N) is 4. The summed E-state index contributed by atoms with van der Waals surface area (Å²) in [5, 5.41) is 13.1. The Hall–Kier alpha value is -3.21. The molecule has 158 valence electrons. The molecule has 2 aromatic heterocycles. The van der Waals surface area contributed by atoms with Gasteiger partial charge in [0.05, 0.1) is 10.7 Å². The third-order valence-corrected chi connectivity index (χ3v) is 4.62. The second kappa shape index (κ2) is 10.0. The molecule has 0 aliphatic heterocycles. The minimum absolute atomic E-state index is 0.102. The molecule has 0 aliphatic carbocycles. The molecule has 2 heterocycles. The third kappa shape index (κ3) is 5.89. The van der Waals surface area contributed by atoms with E-state index in [0.717, 1.165) is 15.6 Å². The lowest BCUT2D eigenvalue weighted by molar-refractivity contribution is -0.123. The SMILES string of the molecule is Cc1cccc(OCC(=O)NCCNC(=O)c2nc(Cn3cc(Br)cn3)no2)c1C. The van der Waals surface area contributed by atoms with E-state index in [-0.39, 0.29) is 38.0 Å². The lowest BCUT2D eigenvalue weighted by atomic mass is 10.1. The molecule has 3 aromatic rings. The van der Waals surface area contributed by atoms with E-state index in [1.807, 2.05) is 32.0 Å². The number of aromatic nitrogens is 4.